The van der Waals surface area contributed by atoms with E-state index in [4.69, 9.17) is 0 Å². The van der Waals surface area contributed by atoms with Crippen LogP contribution in [0.25, 0.3) is 0 Å². The zero-order valence-electron chi connectivity index (χ0n) is 16.6. The molecular formula is C20H28F3NSi2. The number of nitrogens with zero attached hydrogens (tertiary/aromatic N) is 1. The molecule has 142 valence electrons. The molecule has 0 aromatic heterocycles. The van der Waals surface area contributed by atoms with Gasteiger partial charge in [-0.1, -0.05) is 68.8 Å². The molecule has 2 aromatic rings. The van der Waals surface area contributed by atoms with Gasteiger partial charge in [0.2, 0.25) is 0 Å². The van der Waals surface area contributed by atoms with Crippen molar-refractivity contribution in [3.8, 4) is 0 Å². The van der Waals surface area contributed by atoms with E-state index in [1.807, 2.05) is 19.1 Å². The normalized spacial score (nSPS) is 14.8. The van der Waals surface area contributed by atoms with E-state index in [9.17, 15) is 0 Å². The molecule has 26 heavy (non-hydrogen) atoms. The predicted octanol–water partition coefficient (Wildman–Crippen LogP) is 6.04. The summed E-state index contributed by atoms with van der Waals surface area (Å²) in [7, 11) is -9.28. The van der Waals surface area contributed by atoms with Crippen LogP contribution in [0.5, 0.6) is 0 Å². The first kappa shape index (κ1) is 20.8. The molecule has 0 radical (unpaired) electrons. The summed E-state index contributed by atoms with van der Waals surface area (Å²) in [6, 6.07) is 11.5. The van der Waals surface area contributed by atoms with Crippen LogP contribution in [0.3, 0.4) is 0 Å². The molecular weight excluding hydrogens is 367 g/mol. The second-order valence-corrected chi connectivity index (χ2v) is 14.6. The summed E-state index contributed by atoms with van der Waals surface area (Å²) < 4.78 is 48.9. The van der Waals surface area contributed by atoms with Gasteiger partial charge < -0.3 is 4.23 Å². The van der Waals surface area contributed by atoms with Crippen LogP contribution >= 0.6 is 0 Å². The highest BCUT2D eigenvalue weighted by atomic mass is 28.5. The fraction of sp³-hybridized carbons (Fsp3) is 0.400. The van der Waals surface area contributed by atoms with E-state index >= 15 is 12.3 Å². The number of halogens is 3. The summed E-state index contributed by atoms with van der Waals surface area (Å²) in [5.41, 5.74) is 2.76. The van der Waals surface area contributed by atoms with Crippen molar-refractivity contribution in [3.63, 3.8) is 0 Å². The third kappa shape index (κ3) is 3.62. The molecule has 0 fully saturated rings. The number of benzene rings is 2. The Hall–Kier alpha value is -1.54. The topological polar surface area (TPSA) is 3.24 Å². The van der Waals surface area contributed by atoms with Crippen LogP contribution in [0, 0.1) is 20.8 Å². The van der Waals surface area contributed by atoms with Gasteiger partial charge in [0.25, 0.3) is 0 Å². The summed E-state index contributed by atoms with van der Waals surface area (Å²) in [6.07, 6.45) is 0. The first-order chi connectivity index (χ1) is 11.8. The smallest absolute Gasteiger partial charge is 0.345 e. The van der Waals surface area contributed by atoms with E-state index in [-0.39, 0.29) is 5.19 Å². The molecule has 0 spiro atoms. The lowest BCUT2D eigenvalue weighted by Crippen LogP contribution is -2.69. The highest BCUT2D eigenvalue weighted by Crippen LogP contribution is 2.46. The minimum absolute atomic E-state index is 0.0556. The molecule has 1 nitrogen and oxygen atoms in total. The number of hydrogen-bond acceptors (Lipinski definition) is 1. The average molecular weight is 396 g/mol. The van der Waals surface area contributed by atoms with Crippen molar-refractivity contribution in [2.45, 2.75) is 53.1 Å². The molecule has 2 rings (SSSR count). The van der Waals surface area contributed by atoms with Crippen molar-refractivity contribution < 1.29 is 12.3 Å². The number of aryl methyl sites for hydroxylation is 3. The van der Waals surface area contributed by atoms with Crippen molar-refractivity contribution >= 4 is 28.3 Å². The monoisotopic (exact) mass is 395 g/mol. The van der Waals surface area contributed by atoms with Crippen molar-refractivity contribution in [1.29, 1.82) is 0 Å². The standard InChI is InChI=1S/C20H28F3NSi2/c1-15-13-16(2)19(17(3)14-15)24(25(7,21)20(4,5)6)26(22,23)18-11-9-8-10-12-18/h8-14H,1-7H3. The first-order valence-electron chi connectivity index (χ1n) is 8.80. The maximum absolute atomic E-state index is 16.2. The van der Waals surface area contributed by atoms with Crippen LogP contribution < -0.4 is 9.42 Å². The van der Waals surface area contributed by atoms with Crippen molar-refractivity contribution in [1.82, 2.24) is 0 Å². The van der Waals surface area contributed by atoms with E-state index in [2.05, 4.69) is 0 Å². The van der Waals surface area contributed by atoms with Crippen molar-refractivity contribution in [2.24, 2.45) is 0 Å². The lowest BCUT2D eigenvalue weighted by atomic mass is 10.1. The van der Waals surface area contributed by atoms with Gasteiger partial charge in [-0.3, -0.25) is 4.11 Å². The molecule has 1 atom stereocenters. The predicted molar refractivity (Wildman–Crippen MR) is 110 cm³/mol. The maximum atomic E-state index is 16.2. The summed E-state index contributed by atoms with van der Waals surface area (Å²) in [4.78, 5) is 0. The Balaban J connectivity index is 2.81. The molecule has 0 aliphatic heterocycles. The summed E-state index contributed by atoms with van der Waals surface area (Å²) >= 11 is 0. The van der Waals surface area contributed by atoms with Gasteiger partial charge in [0.05, 0.1) is 0 Å². The van der Waals surface area contributed by atoms with E-state index in [0.29, 0.717) is 16.8 Å². The van der Waals surface area contributed by atoms with Gasteiger partial charge in [-0.05, 0) is 38.4 Å². The first-order valence-corrected chi connectivity index (χ1v) is 12.8. The van der Waals surface area contributed by atoms with Gasteiger partial charge in [0.1, 0.15) is 0 Å². The largest absolute Gasteiger partial charge is 0.565 e. The Bertz CT molecular complexity index is 760. The Labute approximate surface area is 157 Å². The van der Waals surface area contributed by atoms with E-state index in [1.54, 1.807) is 52.8 Å². The third-order valence-corrected chi connectivity index (χ3v) is 12.8. The fourth-order valence-electron chi connectivity index (χ4n) is 3.24. The molecule has 2 aromatic carbocycles. The van der Waals surface area contributed by atoms with Crippen molar-refractivity contribution in [2.75, 3.05) is 4.23 Å². The summed E-state index contributed by atoms with van der Waals surface area (Å²) in [5.74, 6) is 0. The van der Waals surface area contributed by atoms with Crippen LogP contribution in [0.1, 0.15) is 37.5 Å². The molecule has 0 heterocycles. The van der Waals surface area contributed by atoms with E-state index < -0.39 is 22.5 Å². The van der Waals surface area contributed by atoms with Crippen molar-refractivity contribution in [3.05, 3.63) is 59.2 Å². The highest BCUT2D eigenvalue weighted by Gasteiger charge is 2.61. The van der Waals surface area contributed by atoms with Crippen LogP contribution in [-0.4, -0.2) is 17.5 Å². The zero-order chi connectivity index (χ0) is 19.9. The van der Waals surface area contributed by atoms with Crippen LogP contribution in [0.15, 0.2) is 42.5 Å². The van der Waals surface area contributed by atoms with Crippen LogP contribution in [-0.2, 0) is 0 Å². The van der Waals surface area contributed by atoms with Crippen LogP contribution in [0.2, 0.25) is 11.6 Å². The molecule has 0 saturated heterocycles. The number of rotatable bonds is 4. The van der Waals surface area contributed by atoms with Gasteiger partial charge in [-0.2, -0.15) is 0 Å². The Morgan fingerprint density at radius 2 is 1.31 bits per heavy atom. The second kappa shape index (κ2) is 6.89. The second-order valence-electron chi connectivity index (χ2n) is 8.19. The van der Waals surface area contributed by atoms with E-state index in [1.165, 1.54) is 18.7 Å². The average Bonchev–Trinajstić information content (AvgIpc) is 2.50. The molecule has 0 N–H and O–H groups in total. The SMILES string of the molecule is Cc1cc(C)c(N([Si](F)(F)c2ccccc2)[Si](C)(F)C(C)(C)C)c(C)c1. The molecule has 0 amide bonds. The van der Waals surface area contributed by atoms with Gasteiger partial charge in [-0.25, -0.2) is 8.22 Å². The minimum atomic E-state index is -5.25. The van der Waals surface area contributed by atoms with Gasteiger partial charge in [-0.15, -0.1) is 0 Å². The number of anilines is 1. The fourth-order valence-corrected chi connectivity index (χ4v) is 9.67. The quantitative estimate of drug-likeness (QED) is 0.450. The molecule has 1 unspecified atom stereocenters. The molecule has 0 bridgehead atoms. The van der Waals surface area contributed by atoms with Gasteiger partial charge in [0, 0.05) is 15.9 Å². The molecule has 0 saturated carbocycles. The lowest BCUT2D eigenvalue weighted by Gasteiger charge is -2.46. The Morgan fingerprint density at radius 3 is 1.73 bits per heavy atom. The minimum Gasteiger partial charge on any atom is -0.345 e. The maximum Gasteiger partial charge on any atom is 0.565 e. The Morgan fingerprint density at radius 1 is 0.846 bits per heavy atom. The third-order valence-electron chi connectivity index (χ3n) is 5.05. The summed E-state index contributed by atoms with van der Waals surface area (Å²) in [6.45, 7) is 12.1. The Kier molecular flexibility index (Phi) is 5.50. The van der Waals surface area contributed by atoms with E-state index in [0.717, 1.165) is 9.79 Å². The lowest BCUT2D eigenvalue weighted by molar-refractivity contribution is 0.578. The highest BCUT2D eigenvalue weighted by molar-refractivity contribution is 7.00. The number of hydrogen-bond donors (Lipinski definition) is 0. The molecule has 6 heteroatoms. The zero-order valence-corrected chi connectivity index (χ0v) is 18.6. The summed E-state index contributed by atoms with van der Waals surface area (Å²) in [5, 5.41) is -0.915. The van der Waals surface area contributed by atoms with Gasteiger partial charge in [0.15, 0.2) is 0 Å². The van der Waals surface area contributed by atoms with Gasteiger partial charge >= 0.3 is 17.5 Å². The molecule has 0 aliphatic carbocycles. The van der Waals surface area contributed by atoms with Crippen LogP contribution in [0.4, 0.5) is 18.0 Å². The molecule has 0 aliphatic rings.